The van der Waals surface area contributed by atoms with Crippen molar-refractivity contribution in [2.75, 3.05) is 19.0 Å². The molecular weight excluding hydrogens is 224 g/mol. The summed E-state index contributed by atoms with van der Waals surface area (Å²) in [6.45, 7) is 3.11. The number of carbonyl (C=O) groups excluding carboxylic acids is 1. The van der Waals surface area contributed by atoms with E-state index in [0.717, 1.165) is 22.0 Å². The van der Waals surface area contributed by atoms with E-state index in [9.17, 15) is 4.79 Å². The molecule has 2 heterocycles. The van der Waals surface area contributed by atoms with Gasteiger partial charge in [-0.15, -0.1) is 11.8 Å². The molecule has 0 amide bonds. The normalized spacial score (nSPS) is 22.8. The summed E-state index contributed by atoms with van der Waals surface area (Å²) in [5, 5.41) is 0. The van der Waals surface area contributed by atoms with Crippen LogP contribution in [0.15, 0.2) is 17.0 Å². The average Bonchev–Trinajstić information content (AvgIpc) is 2.32. The standard InChI is InChI=1S/C12H12O3S/c1-7-6-16-11-5-10-9(14-2-3-15-10)4-8(11)12(7)13/h4-5,7H,2-3,6H2,1H3. The van der Waals surface area contributed by atoms with Crippen LogP contribution in [-0.4, -0.2) is 24.7 Å². The van der Waals surface area contributed by atoms with E-state index in [0.29, 0.717) is 19.0 Å². The van der Waals surface area contributed by atoms with Crippen molar-refractivity contribution < 1.29 is 14.3 Å². The summed E-state index contributed by atoms with van der Waals surface area (Å²) in [5.41, 5.74) is 0.785. The van der Waals surface area contributed by atoms with Crippen molar-refractivity contribution in [1.82, 2.24) is 0 Å². The van der Waals surface area contributed by atoms with Crippen molar-refractivity contribution in [3.63, 3.8) is 0 Å². The molecule has 84 valence electrons. The molecule has 0 saturated carbocycles. The van der Waals surface area contributed by atoms with Gasteiger partial charge < -0.3 is 9.47 Å². The van der Waals surface area contributed by atoms with Crippen LogP contribution >= 0.6 is 11.8 Å². The maximum atomic E-state index is 12.0. The molecule has 0 aromatic heterocycles. The van der Waals surface area contributed by atoms with Crippen LogP contribution in [0.1, 0.15) is 17.3 Å². The maximum Gasteiger partial charge on any atom is 0.167 e. The van der Waals surface area contributed by atoms with Gasteiger partial charge in [0.25, 0.3) is 0 Å². The number of hydrogen-bond donors (Lipinski definition) is 0. The molecule has 16 heavy (non-hydrogen) atoms. The molecule has 1 aromatic rings. The van der Waals surface area contributed by atoms with Crippen LogP contribution in [0.25, 0.3) is 0 Å². The van der Waals surface area contributed by atoms with Crippen LogP contribution in [0.3, 0.4) is 0 Å². The van der Waals surface area contributed by atoms with Crippen LogP contribution in [0.2, 0.25) is 0 Å². The lowest BCUT2D eigenvalue weighted by Gasteiger charge is -2.24. The van der Waals surface area contributed by atoms with Gasteiger partial charge >= 0.3 is 0 Å². The fourth-order valence-electron chi connectivity index (χ4n) is 1.94. The van der Waals surface area contributed by atoms with Gasteiger partial charge in [-0.2, -0.15) is 0 Å². The summed E-state index contributed by atoms with van der Waals surface area (Å²) in [7, 11) is 0. The topological polar surface area (TPSA) is 35.5 Å². The zero-order chi connectivity index (χ0) is 11.1. The van der Waals surface area contributed by atoms with Crippen molar-refractivity contribution in [3.05, 3.63) is 17.7 Å². The third kappa shape index (κ3) is 1.48. The Morgan fingerprint density at radius 1 is 1.25 bits per heavy atom. The number of benzene rings is 1. The predicted octanol–water partition coefficient (Wildman–Crippen LogP) is 2.38. The first-order valence-electron chi connectivity index (χ1n) is 5.36. The summed E-state index contributed by atoms with van der Waals surface area (Å²) in [6.07, 6.45) is 0. The Kier molecular flexibility index (Phi) is 2.32. The highest BCUT2D eigenvalue weighted by molar-refractivity contribution is 7.99. The highest BCUT2D eigenvalue weighted by Gasteiger charge is 2.27. The van der Waals surface area contributed by atoms with Gasteiger partial charge in [-0.1, -0.05) is 6.92 Å². The van der Waals surface area contributed by atoms with E-state index in [1.165, 1.54) is 0 Å². The smallest absolute Gasteiger partial charge is 0.167 e. The van der Waals surface area contributed by atoms with Crippen molar-refractivity contribution in [2.45, 2.75) is 11.8 Å². The SMILES string of the molecule is CC1CSc2cc3c(cc2C1=O)OCCO3. The molecular formula is C12H12O3S. The second-order valence-corrected chi connectivity index (χ2v) is 5.13. The number of rotatable bonds is 0. The molecule has 0 spiro atoms. The Hall–Kier alpha value is -1.16. The first kappa shape index (κ1) is 10.0. The van der Waals surface area contributed by atoms with Gasteiger partial charge in [0.05, 0.1) is 0 Å². The molecule has 1 atom stereocenters. The van der Waals surface area contributed by atoms with Crippen LogP contribution in [0.5, 0.6) is 11.5 Å². The van der Waals surface area contributed by atoms with Gasteiger partial charge in [-0.05, 0) is 12.1 Å². The lowest BCUT2D eigenvalue weighted by atomic mass is 10.00. The lowest BCUT2D eigenvalue weighted by Crippen LogP contribution is -2.21. The molecule has 3 rings (SSSR count). The number of ether oxygens (including phenoxy) is 2. The van der Waals surface area contributed by atoms with E-state index >= 15 is 0 Å². The quantitative estimate of drug-likeness (QED) is 0.693. The van der Waals surface area contributed by atoms with Gasteiger partial charge in [0, 0.05) is 22.1 Å². The first-order chi connectivity index (χ1) is 7.75. The summed E-state index contributed by atoms with van der Waals surface area (Å²) in [4.78, 5) is 13.0. The monoisotopic (exact) mass is 236 g/mol. The fourth-order valence-corrected chi connectivity index (χ4v) is 3.02. The average molecular weight is 236 g/mol. The van der Waals surface area contributed by atoms with E-state index in [4.69, 9.17) is 9.47 Å². The number of Topliss-reactive ketones (excluding diaryl/α,β-unsaturated/α-hetero) is 1. The minimum absolute atomic E-state index is 0.0973. The third-order valence-electron chi connectivity index (χ3n) is 2.85. The van der Waals surface area contributed by atoms with Crippen molar-refractivity contribution in [1.29, 1.82) is 0 Å². The molecule has 1 unspecified atom stereocenters. The van der Waals surface area contributed by atoms with Gasteiger partial charge in [-0.3, -0.25) is 4.79 Å². The largest absolute Gasteiger partial charge is 0.486 e. The number of ketones is 1. The van der Waals surface area contributed by atoms with Crippen LogP contribution < -0.4 is 9.47 Å². The molecule has 2 aliphatic heterocycles. The Bertz CT molecular complexity index is 456. The van der Waals surface area contributed by atoms with Crippen molar-refractivity contribution in [2.24, 2.45) is 5.92 Å². The maximum absolute atomic E-state index is 12.0. The second-order valence-electron chi connectivity index (χ2n) is 4.07. The summed E-state index contributed by atoms with van der Waals surface area (Å²) in [5.74, 6) is 2.63. The highest BCUT2D eigenvalue weighted by atomic mass is 32.2. The molecule has 0 N–H and O–H groups in total. The van der Waals surface area contributed by atoms with E-state index < -0.39 is 0 Å². The summed E-state index contributed by atoms with van der Waals surface area (Å²) < 4.78 is 11.0. The Morgan fingerprint density at radius 3 is 2.69 bits per heavy atom. The molecule has 0 radical (unpaired) electrons. The molecule has 0 aliphatic carbocycles. The molecule has 4 heteroatoms. The summed E-state index contributed by atoms with van der Waals surface area (Å²) >= 11 is 1.72. The lowest BCUT2D eigenvalue weighted by molar-refractivity contribution is 0.0934. The van der Waals surface area contributed by atoms with Gasteiger partial charge in [0.2, 0.25) is 0 Å². The van der Waals surface area contributed by atoms with E-state index in [1.807, 2.05) is 19.1 Å². The zero-order valence-corrected chi connectivity index (χ0v) is 9.80. The molecule has 3 nitrogen and oxygen atoms in total. The number of thioether (sulfide) groups is 1. The molecule has 0 bridgehead atoms. The predicted molar refractivity (Wildman–Crippen MR) is 61.7 cm³/mol. The zero-order valence-electron chi connectivity index (χ0n) is 8.99. The van der Waals surface area contributed by atoms with Crippen molar-refractivity contribution >= 4 is 17.5 Å². The minimum atomic E-state index is 0.0973. The first-order valence-corrected chi connectivity index (χ1v) is 6.35. The minimum Gasteiger partial charge on any atom is -0.486 e. The number of hydrogen-bond acceptors (Lipinski definition) is 4. The van der Waals surface area contributed by atoms with Gasteiger partial charge in [0.15, 0.2) is 17.3 Å². The number of fused-ring (bicyclic) bond motifs is 2. The van der Waals surface area contributed by atoms with Crippen LogP contribution in [0.4, 0.5) is 0 Å². The van der Waals surface area contributed by atoms with Crippen molar-refractivity contribution in [3.8, 4) is 11.5 Å². The van der Waals surface area contributed by atoms with Crippen LogP contribution in [0, 0.1) is 5.92 Å². The number of carbonyl (C=O) groups is 1. The molecule has 0 saturated heterocycles. The Balaban J connectivity index is 2.10. The summed E-state index contributed by atoms with van der Waals surface area (Å²) in [6, 6.07) is 3.76. The van der Waals surface area contributed by atoms with Gasteiger partial charge in [0.1, 0.15) is 13.2 Å². The van der Waals surface area contributed by atoms with E-state index in [-0.39, 0.29) is 11.7 Å². The molecule has 2 aliphatic rings. The molecule has 1 aromatic carbocycles. The Morgan fingerprint density at radius 2 is 1.94 bits per heavy atom. The Labute approximate surface area is 98.1 Å². The third-order valence-corrected chi connectivity index (χ3v) is 4.16. The van der Waals surface area contributed by atoms with Crippen LogP contribution in [-0.2, 0) is 0 Å². The van der Waals surface area contributed by atoms with E-state index in [1.54, 1.807) is 11.8 Å². The molecule has 0 fully saturated rings. The van der Waals surface area contributed by atoms with E-state index in [2.05, 4.69) is 0 Å². The fraction of sp³-hybridized carbons (Fsp3) is 0.417. The van der Waals surface area contributed by atoms with Gasteiger partial charge in [-0.25, -0.2) is 0 Å². The highest BCUT2D eigenvalue weighted by Crippen LogP contribution is 2.41. The second kappa shape index (κ2) is 3.70.